The van der Waals surface area contributed by atoms with Gasteiger partial charge in [0.15, 0.2) is 0 Å². The molecule has 0 aliphatic carbocycles. The van der Waals surface area contributed by atoms with Crippen molar-refractivity contribution < 1.29 is 0 Å². The van der Waals surface area contributed by atoms with Gasteiger partial charge in [-0.25, -0.2) is 9.97 Å². The van der Waals surface area contributed by atoms with Crippen molar-refractivity contribution in [1.82, 2.24) is 15.0 Å². The van der Waals surface area contributed by atoms with Crippen LogP contribution in [0, 0.1) is 0 Å². The molecule has 0 amide bonds. The molecule has 0 unspecified atom stereocenters. The number of nitrogens with one attached hydrogen (secondary N) is 1. The number of benzene rings is 1. The number of pyridine rings is 1. The molecule has 3 N–H and O–H groups in total. The van der Waals surface area contributed by atoms with E-state index in [9.17, 15) is 0 Å². The summed E-state index contributed by atoms with van der Waals surface area (Å²) in [6, 6.07) is 9.26. The number of nitrogens with two attached hydrogens (primary N) is 1. The van der Waals surface area contributed by atoms with E-state index in [4.69, 9.17) is 17.3 Å². The molecule has 3 rings (SSSR count). The molecule has 84 valence electrons. The Balaban J connectivity index is 2.37. The zero-order valence-corrected chi connectivity index (χ0v) is 9.57. The van der Waals surface area contributed by atoms with Gasteiger partial charge in [-0.05, 0) is 6.07 Å². The number of nitrogens with zero attached hydrogens (tertiary/aromatic N) is 2. The fraction of sp³-hybridized carbons (Fsp3) is 0. The summed E-state index contributed by atoms with van der Waals surface area (Å²) in [6.45, 7) is 0. The lowest BCUT2D eigenvalue weighted by molar-refractivity contribution is 1.33. The van der Waals surface area contributed by atoms with E-state index in [-0.39, 0.29) is 0 Å². The van der Waals surface area contributed by atoms with Crippen molar-refractivity contribution >= 4 is 28.5 Å². The molecule has 17 heavy (non-hydrogen) atoms. The summed E-state index contributed by atoms with van der Waals surface area (Å²) in [6.07, 6.45) is 1.62. The van der Waals surface area contributed by atoms with Crippen LogP contribution >= 0.6 is 11.6 Å². The molecular weight excluding hydrogens is 236 g/mol. The number of rotatable bonds is 1. The second-order valence-electron chi connectivity index (χ2n) is 3.67. The van der Waals surface area contributed by atoms with E-state index in [2.05, 4.69) is 15.0 Å². The summed E-state index contributed by atoms with van der Waals surface area (Å²) >= 11 is 6.16. The second-order valence-corrected chi connectivity index (χ2v) is 4.08. The smallest absolute Gasteiger partial charge is 0.126 e. The number of hydrogen-bond acceptors (Lipinski definition) is 3. The number of aromatic nitrogens is 3. The van der Waals surface area contributed by atoms with Gasteiger partial charge in [-0.15, -0.1) is 0 Å². The summed E-state index contributed by atoms with van der Waals surface area (Å²) in [7, 11) is 0. The minimum absolute atomic E-state index is 0.441. The van der Waals surface area contributed by atoms with Crippen LogP contribution in [-0.2, 0) is 0 Å². The van der Waals surface area contributed by atoms with E-state index in [1.165, 1.54) is 0 Å². The van der Waals surface area contributed by atoms with Crippen molar-refractivity contribution in [3.8, 4) is 11.3 Å². The molecule has 0 saturated carbocycles. The van der Waals surface area contributed by atoms with E-state index in [1.807, 2.05) is 24.3 Å². The molecule has 0 fully saturated rings. The zero-order valence-electron chi connectivity index (χ0n) is 8.81. The minimum Gasteiger partial charge on any atom is -0.384 e. The van der Waals surface area contributed by atoms with E-state index in [0.29, 0.717) is 16.5 Å². The SMILES string of the molecule is Nc1cc2[nH]cnc2c(-c2ccccc2Cl)n1. The van der Waals surface area contributed by atoms with Gasteiger partial charge in [0, 0.05) is 11.6 Å². The van der Waals surface area contributed by atoms with Gasteiger partial charge in [-0.1, -0.05) is 29.8 Å². The van der Waals surface area contributed by atoms with E-state index < -0.39 is 0 Å². The molecule has 0 bridgehead atoms. The lowest BCUT2D eigenvalue weighted by atomic mass is 10.1. The Morgan fingerprint density at radius 1 is 1.24 bits per heavy atom. The lowest BCUT2D eigenvalue weighted by Gasteiger charge is -2.05. The van der Waals surface area contributed by atoms with Crippen LogP contribution in [0.15, 0.2) is 36.7 Å². The number of aromatic amines is 1. The predicted molar refractivity (Wildman–Crippen MR) is 68.7 cm³/mol. The van der Waals surface area contributed by atoms with Crippen molar-refractivity contribution in [1.29, 1.82) is 0 Å². The van der Waals surface area contributed by atoms with Gasteiger partial charge in [0.25, 0.3) is 0 Å². The van der Waals surface area contributed by atoms with E-state index in [0.717, 1.165) is 16.6 Å². The van der Waals surface area contributed by atoms with Crippen LogP contribution < -0.4 is 5.73 Å². The maximum Gasteiger partial charge on any atom is 0.126 e. The summed E-state index contributed by atoms with van der Waals surface area (Å²) in [5.41, 5.74) is 8.93. The first-order chi connectivity index (χ1) is 8.25. The highest BCUT2D eigenvalue weighted by Gasteiger charge is 2.11. The monoisotopic (exact) mass is 244 g/mol. The highest BCUT2D eigenvalue weighted by molar-refractivity contribution is 6.33. The van der Waals surface area contributed by atoms with Gasteiger partial charge in [0.2, 0.25) is 0 Å². The molecule has 0 atom stereocenters. The number of nitrogen functional groups attached to an aromatic ring is 1. The Morgan fingerprint density at radius 3 is 2.88 bits per heavy atom. The van der Waals surface area contributed by atoms with Gasteiger partial charge in [0.05, 0.1) is 16.9 Å². The average molecular weight is 245 g/mol. The van der Waals surface area contributed by atoms with Crippen molar-refractivity contribution in [2.75, 3.05) is 5.73 Å². The Bertz CT molecular complexity index is 690. The van der Waals surface area contributed by atoms with Crippen molar-refractivity contribution in [3.63, 3.8) is 0 Å². The van der Waals surface area contributed by atoms with Crippen LogP contribution in [0.4, 0.5) is 5.82 Å². The summed E-state index contributed by atoms with van der Waals surface area (Å²) in [5, 5.41) is 0.634. The van der Waals surface area contributed by atoms with Gasteiger partial charge in [0.1, 0.15) is 17.0 Å². The summed E-state index contributed by atoms with van der Waals surface area (Å²) < 4.78 is 0. The third-order valence-electron chi connectivity index (χ3n) is 2.56. The standard InChI is InChI=1S/C12H9ClN4/c13-8-4-2-1-3-7(8)11-12-9(15-6-16-12)5-10(14)17-11/h1-6H,(H2,14,17)(H,15,16). The Kier molecular flexibility index (Phi) is 2.23. The molecule has 5 heteroatoms. The quantitative estimate of drug-likeness (QED) is 0.692. The number of imidazole rings is 1. The van der Waals surface area contributed by atoms with Crippen molar-refractivity contribution in [2.45, 2.75) is 0 Å². The first-order valence-corrected chi connectivity index (χ1v) is 5.48. The number of H-pyrrole nitrogens is 1. The van der Waals surface area contributed by atoms with Crippen LogP contribution in [0.1, 0.15) is 0 Å². The van der Waals surface area contributed by atoms with E-state index in [1.54, 1.807) is 12.4 Å². The number of hydrogen-bond donors (Lipinski definition) is 2. The molecule has 3 aromatic rings. The maximum atomic E-state index is 6.16. The molecule has 0 aliphatic heterocycles. The average Bonchev–Trinajstić information content (AvgIpc) is 2.76. The zero-order chi connectivity index (χ0) is 11.8. The third kappa shape index (κ3) is 1.62. The van der Waals surface area contributed by atoms with Crippen LogP contribution in [-0.4, -0.2) is 15.0 Å². The Labute approximate surface area is 102 Å². The summed E-state index contributed by atoms with van der Waals surface area (Å²) in [4.78, 5) is 11.6. The predicted octanol–water partition coefficient (Wildman–Crippen LogP) is 2.86. The highest BCUT2D eigenvalue weighted by atomic mass is 35.5. The molecule has 0 saturated heterocycles. The van der Waals surface area contributed by atoms with Crippen LogP contribution in [0.5, 0.6) is 0 Å². The minimum atomic E-state index is 0.441. The molecule has 0 aliphatic rings. The van der Waals surface area contributed by atoms with Crippen LogP contribution in [0.25, 0.3) is 22.3 Å². The van der Waals surface area contributed by atoms with Gasteiger partial charge < -0.3 is 10.7 Å². The normalized spacial score (nSPS) is 10.9. The van der Waals surface area contributed by atoms with Gasteiger partial charge in [-0.3, -0.25) is 0 Å². The topological polar surface area (TPSA) is 67.6 Å². The first-order valence-electron chi connectivity index (χ1n) is 5.10. The first kappa shape index (κ1) is 10.1. The van der Waals surface area contributed by atoms with Crippen molar-refractivity contribution in [2.24, 2.45) is 0 Å². The fourth-order valence-corrected chi connectivity index (χ4v) is 2.03. The largest absolute Gasteiger partial charge is 0.384 e. The molecule has 0 spiro atoms. The van der Waals surface area contributed by atoms with Gasteiger partial charge in [-0.2, -0.15) is 0 Å². The fourth-order valence-electron chi connectivity index (χ4n) is 1.81. The number of fused-ring (bicyclic) bond motifs is 1. The number of anilines is 1. The Hall–Kier alpha value is -2.07. The van der Waals surface area contributed by atoms with Gasteiger partial charge >= 0.3 is 0 Å². The van der Waals surface area contributed by atoms with Crippen LogP contribution in [0.2, 0.25) is 5.02 Å². The maximum absolute atomic E-state index is 6.16. The van der Waals surface area contributed by atoms with Crippen molar-refractivity contribution in [3.05, 3.63) is 41.7 Å². The molecule has 1 aromatic carbocycles. The molecular formula is C12H9ClN4. The second kappa shape index (κ2) is 3.75. The molecule has 4 nitrogen and oxygen atoms in total. The molecule has 2 aromatic heterocycles. The van der Waals surface area contributed by atoms with E-state index >= 15 is 0 Å². The molecule has 0 radical (unpaired) electrons. The number of halogens is 1. The Morgan fingerprint density at radius 2 is 2.06 bits per heavy atom. The molecule has 2 heterocycles. The highest BCUT2D eigenvalue weighted by Crippen LogP contribution is 2.31. The summed E-state index contributed by atoms with van der Waals surface area (Å²) in [5.74, 6) is 0.441. The third-order valence-corrected chi connectivity index (χ3v) is 2.88. The van der Waals surface area contributed by atoms with Crippen LogP contribution in [0.3, 0.4) is 0 Å². The lowest BCUT2D eigenvalue weighted by Crippen LogP contribution is -1.94.